The average Bonchev–Trinajstić information content (AvgIpc) is 2.48. The quantitative estimate of drug-likeness (QED) is 0.431. The minimum atomic E-state index is 0.252. The minimum Gasteiger partial charge on any atom is -0.301 e. The molecule has 0 N–H and O–H groups in total. The smallest absolute Gasteiger partial charge is 0.0256 e. The van der Waals surface area contributed by atoms with Gasteiger partial charge in [0.05, 0.1) is 0 Å². The Balaban J connectivity index is 1.92. The highest BCUT2D eigenvalue weighted by molar-refractivity contribution is 7.82. The molecule has 2 fully saturated rings. The van der Waals surface area contributed by atoms with Crippen molar-refractivity contribution < 1.29 is 0 Å². The highest BCUT2D eigenvalue weighted by atomic mass is 32.1. The maximum absolute atomic E-state index is 5.10. The molecule has 0 heterocycles. The average molecular weight is 343 g/mol. The molecule has 129 valence electrons. The lowest BCUT2D eigenvalue weighted by atomic mass is 9.85. The second-order valence-electron chi connectivity index (χ2n) is 7.84. The lowest BCUT2D eigenvalue weighted by Gasteiger charge is -2.42. The van der Waals surface area contributed by atoms with Gasteiger partial charge in [-0.2, -0.15) is 25.3 Å². The van der Waals surface area contributed by atoms with Crippen LogP contribution in [0.3, 0.4) is 0 Å². The number of hydrogen-bond acceptors (Lipinski definition) is 3. The van der Waals surface area contributed by atoms with Crippen molar-refractivity contribution in [2.45, 2.75) is 93.0 Å². The Morgan fingerprint density at radius 2 is 1.18 bits per heavy atom. The number of rotatable bonds is 8. The highest BCUT2D eigenvalue weighted by Crippen LogP contribution is 2.38. The molecule has 0 atom stereocenters. The van der Waals surface area contributed by atoms with Crippen LogP contribution in [0.2, 0.25) is 0 Å². The molecule has 0 amide bonds. The first-order valence-corrected chi connectivity index (χ1v) is 10.4. The van der Waals surface area contributed by atoms with Crippen LogP contribution < -0.4 is 0 Å². The van der Waals surface area contributed by atoms with Crippen LogP contribution in [0.15, 0.2) is 0 Å². The maximum Gasteiger partial charge on any atom is 0.0256 e. The summed E-state index contributed by atoms with van der Waals surface area (Å²) in [6.07, 6.45) is 17.0. The van der Waals surface area contributed by atoms with Crippen molar-refractivity contribution in [3.05, 3.63) is 6.92 Å². The fourth-order valence-corrected chi connectivity index (χ4v) is 5.33. The van der Waals surface area contributed by atoms with Crippen molar-refractivity contribution in [3.8, 4) is 0 Å². The van der Waals surface area contributed by atoms with E-state index >= 15 is 0 Å². The molecule has 0 aromatic heterocycles. The first kappa shape index (κ1) is 19.0. The highest BCUT2D eigenvalue weighted by Gasteiger charge is 2.34. The summed E-state index contributed by atoms with van der Waals surface area (Å²) in [5.41, 5.74) is 0. The van der Waals surface area contributed by atoms with Gasteiger partial charge in [-0.25, -0.2) is 0 Å². The third kappa shape index (κ3) is 6.28. The van der Waals surface area contributed by atoms with Gasteiger partial charge >= 0.3 is 0 Å². The molecule has 0 saturated heterocycles. The first-order valence-electron chi connectivity index (χ1n) is 9.52. The second kappa shape index (κ2) is 9.22. The molecule has 0 unspecified atom stereocenters. The van der Waals surface area contributed by atoms with Gasteiger partial charge < -0.3 is 4.90 Å². The van der Waals surface area contributed by atoms with E-state index in [4.69, 9.17) is 25.3 Å². The van der Waals surface area contributed by atoms with Crippen LogP contribution in [0.5, 0.6) is 0 Å². The fourth-order valence-electron chi connectivity index (χ4n) is 4.29. The Labute approximate surface area is 149 Å². The molecule has 0 spiro atoms. The van der Waals surface area contributed by atoms with E-state index in [1.807, 2.05) is 0 Å². The van der Waals surface area contributed by atoms with E-state index in [1.54, 1.807) is 0 Å². The van der Waals surface area contributed by atoms with Crippen molar-refractivity contribution in [3.63, 3.8) is 0 Å². The van der Waals surface area contributed by atoms with E-state index in [2.05, 4.69) is 11.8 Å². The van der Waals surface area contributed by atoms with Crippen molar-refractivity contribution in [2.75, 3.05) is 19.6 Å². The lowest BCUT2D eigenvalue weighted by molar-refractivity contribution is 0.184. The van der Waals surface area contributed by atoms with Crippen LogP contribution in [-0.2, 0) is 0 Å². The SMILES string of the molecule is [CH2]CCCCN(CC1(S)CCCCC1)CC1(S)CCCCC1. The van der Waals surface area contributed by atoms with Crippen LogP contribution in [0.25, 0.3) is 0 Å². The Morgan fingerprint density at radius 1 is 0.727 bits per heavy atom. The molecule has 22 heavy (non-hydrogen) atoms. The van der Waals surface area contributed by atoms with Crippen molar-refractivity contribution in [1.82, 2.24) is 4.90 Å². The predicted octanol–water partition coefficient (Wildman–Crippen LogP) is 5.56. The van der Waals surface area contributed by atoms with E-state index in [-0.39, 0.29) is 9.49 Å². The third-order valence-corrected chi connectivity index (χ3v) is 6.76. The first-order chi connectivity index (χ1) is 10.6. The Morgan fingerprint density at radius 3 is 1.59 bits per heavy atom. The molecule has 2 saturated carbocycles. The zero-order chi connectivity index (χ0) is 15.9. The minimum absolute atomic E-state index is 0.252. The number of nitrogens with zero attached hydrogens (tertiary/aromatic N) is 1. The molecule has 1 nitrogen and oxygen atoms in total. The molecular formula is C19H36NS2. The standard InChI is InChI=1S/C19H36NS2/c1-2-3-10-15-20(16-18(21)11-6-4-7-12-18)17-19(22)13-8-5-9-14-19/h21-22H,1-17H2. The zero-order valence-corrected chi connectivity index (χ0v) is 16.2. The lowest BCUT2D eigenvalue weighted by Crippen LogP contribution is -2.47. The van der Waals surface area contributed by atoms with Gasteiger partial charge in [-0.05, 0) is 38.6 Å². The summed E-state index contributed by atoms with van der Waals surface area (Å²) in [7, 11) is 0. The van der Waals surface area contributed by atoms with Crippen molar-refractivity contribution in [2.24, 2.45) is 0 Å². The molecule has 0 aliphatic heterocycles. The van der Waals surface area contributed by atoms with Gasteiger partial charge in [0.2, 0.25) is 0 Å². The van der Waals surface area contributed by atoms with Gasteiger partial charge in [0.1, 0.15) is 0 Å². The van der Waals surface area contributed by atoms with Crippen LogP contribution in [0.1, 0.15) is 83.5 Å². The van der Waals surface area contributed by atoms with Crippen molar-refractivity contribution >= 4 is 25.3 Å². The molecule has 2 rings (SSSR count). The Kier molecular flexibility index (Phi) is 7.96. The van der Waals surface area contributed by atoms with Gasteiger partial charge in [-0.3, -0.25) is 0 Å². The summed E-state index contributed by atoms with van der Waals surface area (Å²) >= 11 is 10.2. The summed E-state index contributed by atoms with van der Waals surface area (Å²) < 4.78 is 0.503. The Hall–Kier alpha value is 0.660. The summed E-state index contributed by atoms with van der Waals surface area (Å²) in [6.45, 7) is 7.53. The van der Waals surface area contributed by atoms with Crippen LogP contribution >= 0.6 is 25.3 Å². The molecule has 0 bridgehead atoms. The predicted molar refractivity (Wildman–Crippen MR) is 105 cm³/mol. The van der Waals surface area contributed by atoms with Gasteiger partial charge in [-0.1, -0.05) is 58.3 Å². The monoisotopic (exact) mass is 342 g/mol. The molecule has 0 aromatic rings. The molecule has 1 radical (unpaired) electrons. The topological polar surface area (TPSA) is 3.24 Å². The molecule has 0 aromatic carbocycles. The number of thiol groups is 2. The summed E-state index contributed by atoms with van der Waals surface area (Å²) in [4.78, 5) is 2.70. The van der Waals surface area contributed by atoms with E-state index in [0.717, 1.165) is 19.5 Å². The zero-order valence-electron chi connectivity index (χ0n) is 14.4. The molecule has 2 aliphatic carbocycles. The molecular weight excluding hydrogens is 306 g/mol. The summed E-state index contributed by atoms with van der Waals surface area (Å²) in [6, 6.07) is 0. The van der Waals surface area contributed by atoms with Crippen LogP contribution in [-0.4, -0.2) is 34.0 Å². The van der Waals surface area contributed by atoms with E-state index < -0.39 is 0 Å². The normalized spacial score (nSPS) is 24.5. The summed E-state index contributed by atoms with van der Waals surface area (Å²) in [5.74, 6) is 0. The number of unbranched alkanes of at least 4 members (excludes halogenated alkanes) is 2. The maximum atomic E-state index is 5.10. The third-order valence-electron chi connectivity index (χ3n) is 5.58. The van der Waals surface area contributed by atoms with Gasteiger partial charge in [-0.15, -0.1) is 0 Å². The largest absolute Gasteiger partial charge is 0.301 e. The van der Waals surface area contributed by atoms with E-state index in [0.29, 0.717) is 0 Å². The second-order valence-corrected chi connectivity index (χ2v) is 9.74. The summed E-state index contributed by atoms with van der Waals surface area (Å²) in [5, 5.41) is 0. The van der Waals surface area contributed by atoms with Crippen molar-refractivity contribution in [1.29, 1.82) is 0 Å². The molecule has 3 heteroatoms. The Bertz CT molecular complexity index is 281. The van der Waals surface area contributed by atoms with E-state index in [1.165, 1.54) is 83.6 Å². The van der Waals surface area contributed by atoms with Gasteiger partial charge in [0, 0.05) is 22.6 Å². The van der Waals surface area contributed by atoms with E-state index in [9.17, 15) is 0 Å². The van der Waals surface area contributed by atoms with Crippen LogP contribution in [0, 0.1) is 6.92 Å². The van der Waals surface area contributed by atoms with Gasteiger partial charge in [0.15, 0.2) is 0 Å². The van der Waals surface area contributed by atoms with Crippen LogP contribution in [0.4, 0.5) is 0 Å². The van der Waals surface area contributed by atoms with Gasteiger partial charge in [0.25, 0.3) is 0 Å². The number of hydrogen-bond donors (Lipinski definition) is 2. The molecule has 2 aliphatic rings. The fraction of sp³-hybridized carbons (Fsp3) is 0.947.